The highest BCUT2D eigenvalue weighted by molar-refractivity contribution is 7.92. The Balaban J connectivity index is 2.24. The fourth-order valence-electron chi connectivity index (χ4n) is 3.44. The van der Waals surface area contributed by atoms with Gasteiger partial charge in [-0.2, -0.15) is 0 Å². The van der Waals surface area contributed by atoms with Crippen LogP contribution in [0.4, 0.5) is 5.69 Å². The highest BCUT2D eigenvalue weighted by Crippen LogP contribution is 2.25. The number of anilines is 1. The van der Waals surface area contributed by atoms with E-state index in [1.54, 1.807) is 44.2 Å². The van der Waals surface area contributed by atoms with E-state index in [1.807, 2.05) is 6.92 Å². The van der Waals surface area contributed by atoms with Crippen molar-refractivity contribution in [3.63, 3.8) is 0 Å². The van der Waals surface area contributed by atoms with Crippen molar-refractivity contribution >= 4 is 33.6 Å². The maximum absolute atomic E-state index is 13.3. The minimum Gasteiger partial charge on any atom is -0.466 e. The average Bonchev–Trinajstić information content (AvgIpc) is 2.87. The molecular formula is C27H34N2O7S. The van der Waals surface area contributed by atoms with Gasteiger partial charge in [0.1, 0.15) is 6.04 Å². The van der Waals surface area contributed by atoms with Gasteiger partial charge in [-0.05, 0) is 70.0 Å². The van der Waals surface area contributed by atoms with E-state index in [0.29, 0.717) is 12.1 Å². The van der Waals surface area contributed by atoms with Gasteiger partial charge in [-0.15, -0.1) is 6.58 Å². The molecular weight excluding hydrogens is 496 g/mol. The summed E-state index contributed by atoms with van der Waals surface area (Å²) in [4.78, 5) is 37.0. The third kappa shape index (κ3) is 8.45. The monoisotopic (exact) mass is 530 g/mol. The molecule has 0 aliphatic carbocycles. The number of sulfonamides is 1. The largest absolute Gasteiger partial charge is 0.466 e. The molecule has 2 aromatic rings. The van der Waals surface area contributed by atoms with Crippen LogP contribution < -0.4 is 9.62 Å². The number of ether oxygens (including phenoxy) is 2. The second-order valence-electron chi connectivity index (χ2n) is 8.14. The van der Waals surface area contributed by atoms with Gasteiger partial charge < -0.3 is 14.8 Å². The second-order valence-corrected chi connectivity index (χ2v) is 10.00. The Hall–Kier alpha value is -3.66. The number of aryl methyl sites for hydroxylation is 1. The smallest absolute Gasteiger partial charge is 0.328 e. The SMILES string of the molecule is C=CCCN(c1ccc(C(=O)NC(CCC(=O)OCC)C(=O)OCC)cc1)S(=O)(=O)c1ccc(C)cc1. The summed E-state index contributed by atoms with van der Waals surface area (Å²) in [6.45, 7) is 9.38. The molecule has 0 saturated carbocycles. The Labute approximate surface area is 218 Å². The van der Waals surface area contributed by atoms with Crippen molar-refractivity contribution in [2.75, 3.05) is 24.1 Å². The van der Waals surface area contributed by atoms with Gasteiger partial charge in [0.2, 0.25) is 0 Å². The van der Waals surface area contributed by atoms with Crippen molar-refractivity contribution in [1.29, 1.82) is 0 Å². The first kappa shape index (κ1) is 29.6. The van der Waals surface area contributed by atoms with Crippen LogP contribution in [0.25, 0.3) is 0 Å². The maximum Gasteiger partial charge on any atom is 0.328 e. The van der Waals surface area contributed by atoms with Crippen molar-refractivity contribution < 1.29 is 32.3 Å². The molecule has 37 heavy (non-hydrogen) atoms. The van der Waals surface area contributed by atoms with Crippen molar-refractivity contribution in [2.45, 2.75) is 51.0 Å². The Morgan fingerprint density at radius 1 is 1.00 bits per heavy atom. The first-order valence-corrected chi connectivity index (χ1v) is 13.5. The van der Waals surface area contributed by atoms with Crippen LogP contribution in [0.1, 0.15) is 49.0 Å². The van der Waals surface area contributed by atoms with Gasteiger partial charge in [0.05, 0.1) is 23.8 Å². The standard InChI is InChI=1S/C27H34N2O7S/c1-5-8-19-29(37(33,34)23-15-9-20(4)10-16-23)22-13-11-21(12-14-22)26(31)28-24(27(32)36-7-3)17-18-25(30)35-6-2/h5,9-16,24H,1,6-8,17-19H2,2-4H3,(H,28,31). The lowest BCUT2D eigenvalue weighted by Crippen LogP contribution is -2.42. The van der Waals surface area contributed by atoms with Crippen LogP contribution in [0.2, 0.25) is 0 Å². The third-order valence-corrected chi connectivity index (χ3v) is 7.22. The van der Waals surface area contributed by atoms with Crippen molar-refractivity contribution in [3.05, 3.63) is 72.3 Å². The number of nitrogens with one attached hydrogen (secondary N) is 1. The Bertz CT molecular complexity index is 1180. The molecule has 0 aromatic heterocycles. The first-order valence-electron chi connectivity index (χ1n) is 12.1. The number of esters is 2. The average molecular weight is 531 g/mol. The number of carbonyl (C=O) groups is 3. The number of benzene rings is 2. The lowest BCUT2D eigenvalue weighted by molar-refractivity contribution is -0.146. The molecule has 0 heterocycles. The van der Waals surface area contributed by atoms with Crippen LogP contribution >= 0.6 is 0 Å². The van der Waals surface area contributed by atoms with E-state index in [1.165, 1.54) is 28.6 Å². The minimum atomic E-state index is -3.85. The van der Waals surface area contributed by atoms with E-state index >= 15 is 0 Å². The predicted octanol–water partition coefficient (Wildman–Crippen LogP) is 3.77. The quantitative estimate of drug-likeness (QED) is 0.292. The predicted molar refractivity (Wildman–Crippen MR) is 141 cm³/mol. The van der Waals surface area contributed by atoms with Crippen LogP contribution in [0, 0.1) is 6.92 Å². The summed E-state index contributed by atoms with van der Waals surface area (Å²) in [7, 11) is -3.85. The normalized spacial score (nSPS) is 11.8. The van der Waals surface area contributed by atoms with Gasteiger partial charge in [0.15, 0.2) is 0 Å². The molecule has 0 aliphatic rings. The van der Waals surface area contributed by atoms with Gasteiger partial charge in [0.25, 0.3) is 15.9 Å². The van der Waals surface area contributed by atoms with Gasteiger partial charge in [0, 0.05) is 18.5 Å². The lowest BCUT2D eigenvalue weighted by Gasteiger charge is -2.24. The maximum atomic E-state index is 13.3. The molecule has 9 nitrogen and oxygen atoms in total. The summed E-state index contributed by atoms with van der Waals surface area (Å²) < 4.78 is 37.9. The molecule has 1 atom stereocenters. The summed E-state index contributed by atoms with van der Waals surface area (Å²) in [6, 6.07) is 11.5. The zero-order valence-corrected chi connectivity index (χ0v) is 22.3. The van der Waals surface area contributed by atoms with E-state index in [0.717, 1.165) is 5.56 Å². The molecule has 1 N–H and O–H groups in total. The topological polar surface area (TPSA) is 119 Å². The number of hydrogen-bond donors (Lipinski definition) is 1. The number of amides is 1. The number of nitrogens with zero attached hydrogens (tertiary/aromatic N) is 1. The van der Waals surface area contributed by atoms with Crippen LogP contribution in [-0.2, 0) is 29.1 Å². The van der Waals surface area contributed by atoms with Gasteiger partial charge >= 0.3 is 11.9 Å². The molecule has 2 aromatic carbocycles. The van der Waals surface area contributed by atoms with Crippen LogP contribution in [0.3, 0.4) is 0 Å². The summed E-state index contributed by atoms with van der Waals surface area (Å²) in [6.07, 6.45) is 2.01. The molecule has 0 saturated heterocycles. The molecule has 0 aliphatic heterocycles. The second kappa shape index (κ2) is 14.2. The van der Waals surface area contributed by atoms with Gasteiger partial charge in [-0.1, -0.05) is 23.8 Å². The summed E-state index contributed by atoms with van der Waals surface area (Å²) in [5.74, 6) is -1.70. The summed E-state index contributed by atoms with van der Waals surface area (Å²) in [5.41, 5.74) is 1.53. The first-order chi connectivity index (χ1) is 17.6. The Kier molecular flexibility index (Phi) is 11.3. The van der Waals surface area contributed by atoms with Crippen molar-refractivity contribution in [1.82, 2.24) is 5.32 Å². The highest BCUT2D eigenvalue weighted by Gasteiger charge is 2.26. The Morgan fingerprint density at radius 2 is 1.62 bits per heavy atom. The molecule has 1 unspecified atom stereocenters. The van der Waals surface area contributed by atoms with E-state index in [2.05, 4.69) is 11.9 Å². The number of carbonyl (C=O) groups excluding carboxylic acids is 3. The third-order valence-electron chi connectivity index (χ3n) is 5.38. The molecule has 0 fully saturated rings. The van der Waals surface area contributed by atoms with Crippen molar-refractivity contribution in [3.8, 4) is 0 Å². The molecule has 0 spiro atoms. The number of hydrogen-bond acceptors (Lipinski definition) is 7. The molecule has 0 radical (unpaired) electrons. The van der Waals surface area contributed by atoms with E-state index < -0.39 is 33.9 Å². The van der Waals surface area contributed by atoms with Crippen LogP contribution in [0.5, 0.6) is 0 Å². The number of rotatable bonds is 14. The molecule has 1 amide bonds. The zero-order valence-electron chi connectivity index (χ0n) is 21.4. The van der Waals surface area contributed by atoms with Crippen molar-refractivity contribution in [2.24, 2.45) is 0 Å². The zero-order chi connectivity index (χ0) is 27.4. The summed E-state index contributed by atoms with van der Waals surface area (Å²) >= 11 is 0. The van der Waals surface area contributed by atoms with Gasteiger partial charge in [-0.3, -0.25) is 13.9 Å². The van der Waals surface area contributed by atoms with E-state index in [4.69, 9.17) is 9.47 Å². The van der Waals surface area contributed by atoms with Crippen LogP contribution in [-0.4, -0.2) is 52.1 Å². The summed E-state index contributed by atoms with van der Waals surface area (Å²) in [5, 5.41) is 2.59. The van der Waals surface area contributed by atoms with E-state index in [9.17, 15) is 22.8 Å². The lowest BCUT2D eigenvalue weighted by atomic mass is 10.1. The molecule has 200 valence electrons. The van der Waals surface area contributed by atoms with Crippen LogP contribution in [0.15, 0.2) is 66.1 Å². The molecule has 0 bridgehead atoms. The Morgan fingerprint density at radius 3 is 2.19 bits per heavy atom. The molecule has 10 heteroatoms. The minimum absolute atomic E-state index is 0.0195. The fourth-order valence-corrected chi connectivity index (χ4v) is 4.92. The molecule has 2 rings (SSSR count). The van der Waals surface area contributed by atoms with E-state index in [-0.39, 0.29) is 43.1 Å². The fraction of sp³-hybridized carbons (Fsp3) is 0.370. The highest BCUT2D eigenvalue weighted by atomic mass is 32.2. The van der Waals surface area contributed by atoms with Gasteiger partial charge in [-0.25, -0.2) is 13.2 Å².